The van der Waals surface area contributed by atoms with Crippen LogP contribution in [0, 0.1) is 0 Å². The van der Waals surface area contributed by atoms with Crippen LogP contribution in [0.4, 0.5) is 5.13 Å². The van der Waals surface area contributed by atoms with Crippen LogP contribution < -0.4 is 9.64 Å². The van der Waals surface area contributed by atoms with Gasteiger partial charge in [-0.25, -0.2) is 9.67 Å². The highest BCUT2D eigenvalue weighted by molar-refractivity contribution is 7.22. The lowest BCUT2D eigenvalue weighted by molar-refractivity contribution is 0.193. The van der Waals surface area contributed by atoms with Crippen molar-refractivity contribution in [2.45, 2.75) is 44.2 Å². The maximum atomic E-state index is 10.2. The summed E-state index contributed by atoms with van der Waals surface area (Å²) < 4.78 is 8.73. The molecule has 0 radical (unpaired) electrons. The second-order valence-corrected chi connectivity index (χ2v) is 10.6. The number of thiazole rings is 1. The zero-order chi connectivity index (χ0) is 24.5. The first kappa shape index (κ1) is 23.2. The summed E-state index contributed by atoms with van der Waals surface area (Å²) >= 11 is 1.75. The minimum Gasteiger partial charge on any atom is -0.504 e. The van der Waals surface area contributed by atoms with Gasteiger partial charge in [-0.15, -0.1) is 5.10 Å². The molecule has 4 aromatic rings. The topological polar surface area (TPSA) is 92.4 Å². The Hall–Kier alpha value is -3.24. The molecule has 0 spiro atoms. The summed E-state index contributed by atoms with van der Waals surface area (Å²) in [5.41, 5.74) is 2.07. The molecular weight excluding hydrogens is 474 g/mol. The van der Waals surface area contributed by atoms with Crippen LogP contribution in [0.3, 0.4) is 0 Å². The van der Waals surface area contributed by atoms with E-state index in [4.69, 9.17) is 9.72 Å². The summed E-state index contributed by atoms with van der Waals surface area (Å²) in [5, 5.41) is 24.5. The standard InChI is InChI=1S/C26H31N7O2S/c1-35-22-17-18(11-12-21(22)34)24(25-28-29-30-33(25)19-7-3-2-4-8-19)31-13-15-32(16-14-31)26-27-20-9-5-6-10-23(20)36-26/h5-6,9-12,17,19,24,34H,2-4,7-8,13-16H2,1H3. The molecule has 1 aliphatic carbocycles. The molecule has 2 aliphatic rings. The van der Waals surface area contributed by atoms with E-state index in [2.05, 4.69) is 48.2 Å². The van der Waals surface area contributed by atoms with Crippen molar-refractivity contribution in [3.63, 3.8) is 0 Å². The van der Waals surface area contributed by atoms with Gasteiger partial charge >= 0.3 is 0 Å². The molecule has 6 rings (SSSR count). The Kier molecular flexibility index (Phi) is 6.45. The smallest absolute Gasteiger partial charge is 0.186 e. The van der Waals surface area contributed by atoms with Crippen LogP contribution in [0.25, 0.3) is 10.2 Å². The number of phenolic OH excluding ortho intramolecular Hbond substituents is 1. The van der Waals surface area contributed by atoms with E-state index in [-0.39, 0.29) is 11.8 Å². The number of methoxy groups -OCH3 is 1. The maximum absolute atomic E-state index is 10.2. The quantitative estimate of drug-likeness (QED) is 0.412. The first-order valence-corrected chi connectivity index (χ1v) is 13.5. The van der Waals surface area contributed by atoms with Gasteiger partial charge in [-0.2, -0.15) is 0 Å². The van der Waals surface area contributed by atoms with Gasteiger partial charge in [0.1, 0.15) is 0 Å². The summed E-state index contributed by atoms with van der Waals surface area (Å²) in [5.74, 6) is 1.46. The molecule has 2 aromatic heterocycles. The highest BCUT2D eigenvalue weighted by Gasteiger charge is 2.33. The molecule has 36 heavy (non-hydrogen) atoms. The number of piperazine rings is 1. The third-order valence-corrected chi connectivity index (χ3v) is 8.53. The summed E-state index contributed by atoms with van der Waals surface area (Å²) in [7, 11) is 1.58. The molecule has 10 heteroatoms. The number of tetrazole rings is 1. The fourth-order valence-electron chi connectivity index (χ4n) is 5.52. The zero-order valence-corrected chi connectivity index (χ0v) is 21.3. The number of nitrogens with zero attached hydrogens (tertiary/aromatic N) is 7. The molecule has 1 atom stereocenters. The molecular formula is C26H31N7O2S. The molecule has 3 heterocycles. The number of anilines is 1. The number of aromatic nitrogens is 5. The highest BCUT2D eigenvalue weighted by Crippen LogP contribution is 2.37. The SMILES string of the molecule is COc1cc(C(c2nnnn2C2CCCCC2)N2CCN(c3nc4ccccc4s3)CC2)ccc1O. The van der Waals surface area contributed by atoms with Gasteiger partial charge in [-0.3, -0.25) is 4.90 Å². The van der Waals surface area contributed by atoms with Crippen molar-refractivity contribution in [1.82, 2.24) is 30.1 Å². The number of rotatable bonds is 6. The zero-order valence-electron chi connectivity index (χ0n) is 20.5. The third kappa shape index (κ3) is 4.39. The van der Waals surface area contributed by atoms with Crippen molar-refractivity contribution in [2.24, 2.45) is 0 Å². The summed E-state index contributed by atoms with van der Waals surface area (Å²) in [6.45, 7) is 3.44. The molecule has 188 valence electrons. The summed E-state index contributed by atoms with van der Waals surface area (Å²) in [6.07, 6.45) is 5.91. The van der Waals surface area contributed by atoms with E-state index >= 15 is 0 Å². The largest absolute Gasteiger partial charge is 0.504 e. The van der Waals surface area contributed by atoms with E-state index in [0.717, 1.165) is 61.1 Å². The number of para-hydroxylation sites is 1. The van der Waals surface area contributed by atoms with E-state index < -0.39 is 0 Å². The molecule has 0 bridgehead atoms. The maximum Gasteiger partial charge on any atom is 0.186 e. The van der Waals surface area contributed by atoms with Crippen molar-refractivity contribution in [1.29, 1.82) is 0 Å². The number of fused-ring (bicyclic) bond motifs is 1. The van der Waals surface area contributed by atoms with Gasteiger partial charge in [0.05, 0.1) is 29.4 Å². The molecule has 1 N–H and O–H groups in total. The van der Waals surface area contributed by atoms with Crippen LogP contribution in [0.15, 0.2) is 42.5 Å². The van der Waals surface area contributed by atoms with Crippen LogP contribution in [-0.2, 0) is 0 Å². The molecule has 9 nitrogen and oxygen atoms in total. The lowest BCUT2D eigenvalue weighted by Crippen LogP contribution is -2.48. The molecule has 0 amide bonds. The molecule has 1 unspecified atom stereocenters. The number of phenols is 1. The van der Waals surface area contributed by atoms with Gasteiger partial charge in [0.2, 0.25) is 0 Å². The molecule has 2 fully saturated rings. The van der Waals surface area contributed by atoms with Crippen LogP contribution in [-0.4, -0.2) is 68.5 Å². The van der Waals surface area contributed by atoms with Crippen molar-refractivity contribution in [2.75, 3.05) is 38.2 Å². The third-order valence-electron chi connectivity index (χ3n) is 7.44. The first-order chi connectivity index (χ1) is 17.7. The van der Waals surface area contributed by atoms with Crippen LogP contribution in [0.1, 0.15) is 55.6 Å². The Bertz CT molecular complexity index is 1290. The molecule has 1 saturated carbocycles. The van der Waals surface area contributed by atoms with Gasteiger partial charge in [-0.05, 0) is 53.1 Å². The second kappa shape index (κ2) is 10.0. The van der Waals surface area contributed by atoms with Gasteiger partial charge in [0, 0.05) is 26.2 Å². The monoisotopic (exact) mass is 505 g/mol. The average molecular weight is 506 g/mol. The van der Waals surface area contributed by atoms with Gasteiger partial charge in [-0.1, -0.05) is 48.8 Å². The van der Waals surface area contributed by atoms with E-state index in [1.807, 2.05) is 18.2 Å². The Balaban J connectivity index is 1.30. The van der Waals surface area contributed by atoms with Crippen molar-refractivity contribution < 1.29 is 9.84 Å². The number of ether oxygens (including phenoxy) is 1. The minimum atomic E-state index is -0.131. The number of benzene rings is 2. The van der Waals surface area contributed by atoms with E-state index in [0.29, 0.717) is 11.8 Å². The fourth-order valence-corrected chi connectivity index (χ4v) is 6.54. The molecule has 1 aliphatic heterocycles. The second-order valence-electron chi connectivity index (χ2n) is 9.59. The number of aromatic hydroxyl groups is 1. The molecule has 1 saturated heterocycles. The van der Waals surface area contributed by atoms with Crippen LogP contribution in [0.2, 0.25) is 0 Å². The van der Waals surface area contributed by atoms with E-state index in [1.165, 1.54) is 24.0 Å². The number of hydrogen-bond donors (Lipinski definition) is 1. The van der Waals surface area contributed by atoms with E-state index in [1.54, 1.807) is 24.5 Å². The molecule has 2 aromatic carbocycles. The van der Waals surface area contributed by atoms with Crippen LogP contribution >= 0.6 is 11.3 Å². The highest BCUT2D eigenvalue weighted by atomic mass is 32.1. The minimum absolute atomic E-state index is 0.131. The number of hydrogen-bond acceptors (Lipinski definition) is 9. The fraction of sp³-hybridized carbons (Fsp3) is 0.462. The predicted octanol–water partition coefficient (Wildman–Crippen LogP) is 4.41. The Morgan fingerprint density at radius 1 is 1.03 bits per heavy atom. The first-order valence-electron chi connectivity index (χ1n) is 12.7. The summed E-state index contributed by atoms with van der Waals surface area (Å²) in [4.78, 5) is 9.69. The summed E-state index contributed by atoms with van der Waals surface area (Å²) in [6, 6.07) is 14.1. The lowest BCUT2D eigenvalue weighted by Gasteiger charge is -2.39. The normalized spacial score (nSPS) is 18.5. The van der Waals surface area contributed by atoms with Gasteiger partial charge in [0.15, 0.2) is 22.5 Å². The van der Waals surface area contributed by atoms with E-state index in [9.17, 15) is 5.11 Å². The van der Waals surface area contributed by atoms with Crippen molar-refractivity contribution in [3.05, 3.63) is 53.9 Å². The Labute approximate surface area is 214 Å². The van der Waals surface area contributed by atoms with Gasteiger partial charge < -0.3 is 14.7 Å². The van der Waals surface area contributed by atoms with Crippen molar-refractivity contribution in [3.8, 4) is 11.5 Å². The van der Waals surface area contributed by atoms with Crippen molar-refractivity contribution >= 4 is 26.7 Å². The average Bonchev–Trinajstić information content (AvgIpc) is 3.58. The Morgan fingerprint density at radius 3 is 2.61 bits per heavy atom. The predicted molar refractivity (Wildman–Crippen MR) is 140 cm³/mol. The lowest BCUT2D eigenvalue weighted by atomic mass is 9.95. The van der Waals surface area contributed by atoms with Gasteiger partial charge in [0.25, 0.3) is 0 Å². The Morgan fingerprint density at radius 2 is 1.83 bits per heavy atom. The van der Waals surface area contributed by atoms with Crippen LogP contribution in [0.5, 0.6) is 11.5 Å².